The third kappa shape index (κ3) is 3.55. The number of hydrogen-bond acceptors (Lipinski definition) is 1. The van der Waals surface area contributed by atoms with E-state index in [9.17, 15) is 0 Å². The lowest BCUT2D eigenvalue weighted by molar-refractivity contribution is 0.372. The summed E-state index contributed by atoms with van der Waals surface area (Å²) < 4.78 is 1.33. The Hall–Kier alpha value is -0.0800. The molecule has 0 heterocycles. The molecule has 0 bridgehead atoms. The molecule has 0 radical (unpaired) electrons. The summed E-state index contributed by atoms with van der Waals surface area (Å²) in [5, 5.41) is 0. The molecule has 1 aliphatic carbocycles. The Morgan fingerprint density at radius 3 is 2.92 bits per heavy atom. The average Bonchev–Trinajstić information content (AvgIpc) is 2.01. The van der Waals surface area contributed by atoms with Crippen molar-refractivity contribution in [2.24, 2.45) is 5.92 Å². The first kappa shape index (κ1) is 10.0. The van der Waals surface area contributed by atoms with Gasteiger partial charge in [0.1, 0.15) is 0 Å². The van der Waals surface area contributed by atoms with Crippen molar-refractivity contribution in [3.63, 3.8) is 0 Å². The fourth-order valence-electron chi connectivity index (χ4n) is 1.33. The zero-order valence-corrected chi connectivity index (χ0v) is 9.34. The monoisotopic (exact) mass is 229 g/mol. The van der Waals surface area contributed by atoms with E-state index in [0.717, 1.165) is 5.92 Å². The van der Waals surface area contributed by atoms with Gasteiger partial charge in [0.25, 0.3) is 0 Å². The predicted molar refractivity (Wildman–Crippen MR) is 57.4 cm³/mol. The van der Waals surface area contributed by atoms with Crippen LogP contribution in [0.4, 0.5) is 0 Å². The molecule has 1 rings (SSSR count). The third-order valence-corrected chi connectivity index (χ3v) is 2.65. The number of nitrogens with zero attached hydrogens (tertiary/aromatic N) is 1. The molecule has 0 fully saturated rings. The van der Waals surface area contributed by atoms with Gasteiger partial charge in [-0.2, -0.15) is 0 Å². The van der Waals surface area contributed by atoms with Gasteiger partial charge in [0.15, 0.2) is 0 Å². The van der Waals surface area contributed by atoms with Crippen LogP contribution in [0.5, 0.6) is 0 Å². The minimum absolute atomic E-state index is 0.728. The van der Waals surface area contributed by atoms with Crippen molar-refractivity contribution in [3.8, 4) is 0 Å². The zero-order chi connectivity index (χ0) is 8.97. The van der Waals surface area contributed by atoms with Crippen molar-refractivity contribution in [2.75, 3.05) is 20.6 Å². The van der Waals surface area contributed by atoms with E-state index < -0.39 is 0 Å². The van der Waals surface area contributed by atoms with E-state index in [1.54, 1.807) is 0 Å². The second-order valence-electron chi connectivity index (χ2n) is 3.55. The summed E-state index contributed by atoms with van der Waals surface area (Å²) in [6, 6.07) is 0. The van der Waals surface area contributed by atoms with Crippen molar-refractivity contribution in [2.45, 2.75) is 12.8 Å². The Labute approximate surface area is 83.3 Å². The fraction of sp³-hybridized carbons (Fsp3) is 0.600. The van der Waals surface area contributed by atoms with Crippen molar-refractivity contribution in [3.05, 3.63) is 22.7 Å². The average molecular weight is 230 g/mol. The predicted octanol–water partition coefficient (Wildman–Crippen LogP) is 2.79. The number of halogens is 1. The zero-order valence-electron chi connectivity index (χ0n) is 7.76. The molecule has 0 saturated heterocycles. The molecule has 0 aromatic carbocycles. The van der Waals surface area contributed by atoms with Gasteiger partial charge in [-0.3, -0.25) is 0 Å². The summed E-state index contributed by atoms with van der Waals surface area (Å²) in [5.74, 6) is 0.728. The normalized spacial score (nSPS) is 23.0. The van der Waals surface area contributed by atoms with Crippen LogP contribution in [-0.2, 0) is 0 Å². The molecule has 68 valence electrons. The van der Waals surface area contributed by atoms with Crippen LogP contribution < -0.4 is 0 Å². The smallest absolute Gasteiger partial charge is 0.00191 e. The molecule has 2 heteroatoms. The van der Waals surface area contributed by atoms with Gasteiger partial charge < -0.3 is 4.90 Å². The van der Waals surface area contributed by atoms with Crippen molar-refractivity contribution in [1.82, 2.24) is 4.90 Å². The van der Waals surface area contributed by atoms with Gasteiger partial charge in [-0.25, -0.2) is 0 Å². The third-order valence-electron chi connectivity index (χ3n) is 2.06. The Balaban J connectivity index is 2.27. The lowest BCUT2D eigenvalue weighted by Gasteiger charge is -2.17. The highest BCUT2D eigenvalue weighted by Gasteiger charge is 2.09. The van der Waals surface area contributed by atoms with Crippen LogP contribution in [0, 0.1) is 5.92 Å². The van der Waals surface area contributed by atoms with E-state index >= 15 is 0 Å². The Morgan fingerprint density at radius 2 is 2.33 bits per heavy atom. The van der Waals surface area contributed by atoms with E-state index in [2.05, 4.69) is 53.2 Å². The summed E-state index contributed by atoms with van der Waals surface area (Å²) in [5.41, 5.74) is 0. The topological polar surface area (TPSA) is 3.24 Å². The van der Waals surface area contributed by atoms with E-state index in [1.165, 1.54) is 23.9 Å². The summed E-state index contributed by atoms with van der Waals surface area (Å²) in [4.78, 5) is 2.24. The van der Waals surface area contributed by atoms with Crippen molar-refractivity contribution in [1.29, 1.82) is 0 Å². The SMILES string of the molecule is CN(C)CCC1C=CC=C(Br)C1. The van der Waals surface area contributed by atoms with Gasteiger partial charge >= 0.3 is 0 Å². The number of allylic oxidation sites excluding steroid dienone is 4. The molecule has 0 N–H and O–H groups in total. The number of hydrogen-bond donors (Lipinski definition) is 0. The lowest BCUT2D eigenvalue weighted by Crippen LogP contribution is -2.16. The van der Waals surface area contributed by atoms with E-state index in [0.29, 0.717) is 0 Å². The molecule has 1 nitrogen and oxygen atoms in total. The minimum Gasteiger partial charge on any atom is -0.309 e. The first-order chi connectivity index (χ1) is 5.68. The molecule has 0 spiro atoms. The minimum atomic E-state index is 0.728. The summed E-state index contributed by atoms with van der Waals surface area (Å²) in [6.45, 7) is 1.18. The van der Waals surface area contributed by atoms with Crippen LogP contribution in [-0.4, -0.2) is 25.5 Å². The maximum Gasteiger partial charge on any atom is -0.00191 e. The molecule has 1 unspecified atom stereocenters. The highest BCUT2D eigenvalue weighted by molar-refractivity contribution is 9.11. The quantitative estimate of drug-likeness (QED) is 0.720. The molecule has 1 aliphatic rings. The summed E-state index contributed by atoms with van der Waals surface area (Å²) >= 11 is 3.53. The van der Waals surface area contributed by atoms with Gasteiger partial charge in [-0.15, -0.1) is 0 Å². The molecular weight excluding hydrogens is 214 g/mol. The molecular formula is C10H16BrN. The molecule has 0 saturated carbocycles. The molecule has 0 amide bonds. The van der Waals surface area contributed by atoms with E-state index in [4.69, 9.17) is 0 Å². The molecule has 0 aromatic heterocycles. The van der Waals surface area contributed by atoms with Gasteiger partial charge in [0, 0.05) is 0 Å². The molecule has 1 atom stereocenters. The van der Waals surface area contributed by atoms with Crippen LogP contribution in [0.1, 0.15) is 12.8 Å². The highest BCUT2D eigenvalue weighted by atomic mass is 79.9. The molecule has 0 aromatic rings. The van der Waals surface area contributed by atoms with Gasteiger partial charge in [0.05, 0.1) is 0 Å². The van der Waals surface area contributed by atoms with Gasteiger partial charge in [-0.05, 0) is 43.9 Å². The maximum absolute atomic E-state index is 3.53. The Morgan fingerprint density at radius 1 is 1.58 bits per heavy atom. The van der Waals surface area contributed by atoms with Crippen LogP contribution in [0.25, 0.3) is 0 Å². The summed E-state index contributed by atoms with van der Waals surface area (Å²) in [7, 11) is 4.24. The van der Waals surface area contributed by atoms with Gasteiger partial charge in [-0.1, -0.05) is 34.2 Å². The van der Waals surface area contributed by atoms with Gasteiger partial charge in [0.2, 0.25) is 0 Å². The second-order valence-corrected chi connectivity index (χ2v) is 4.57. The van der Waals surface area contributed by atoms with Crippen LogP contribution in [0.3, 0.4) is 0 Å². The first-order valence-electron chi connectivity index (χ1n) is 4.36. The molecule has 12 heavy (non-hydrogen) atoms. The van der Waals surface area contributed by atoms with Crippen LogP contribution in [0.15, 0.2) is 22.7 Å². The van der Waals surface area contributed by atoms with Crippen molar-refractivity contribution < 1.29 is 0 Å². The summed E-state index contributed by atoms with van der Waals surface area (Å²) in [6.07, 6.45) is 9.01. The fourth-order valence-corrected chi connectivity index (χ4v) is 1.89. The highest BCUT2D eigenvalue weighted by Crippen LogP contribution is 2.25. The standard InChI is InChI=1S/C10H16BrN/c1-12(2)7-6-9-4-3-5-10(11)8-9/h3-5,9H,6-8H2,1-2H3. The Bertz CT molecular complexity index is 194. The number of rotatable bonds is 3. The largest absolute Gasteiger partial charge is 0.309 e. The second kappa shape index (κ2) is 4.83. The van der Waals surface area contributed by atoms with Crippen LogP contribution in [0.2, 0.25) is 0 Å². The van der Waals surface area contributed by atoms with Crippen molar-refractivity contribution >= 4 is 15.9 Å². The Kier molecular flexibility index (Phi) is 4.02. The van der Waals surface area contributed by atoms with Crippen LogP contribution >= 0.6 is 15.9 Å². The lowest BCUT2D eigenvalue weighted by atomic mass is 9.97. The molecule has 0 aliphatic heterocycles. The van der Waals surface area contributed by atoms with E-state index in [1.807, 2.05) is 0 Å². The first-order valence-corrected chi connectivity index (χ1v) is 5.15. The van der Waals surface area contributed by atoms with E-state index in [-0.39, 0.29) is 0 Å². The maximum atomic E-state index is 3.53.